The van der Waals surface area contributed by atoms with Gasteiger partial charge in [-0.25, -0.2) is 5.43 Å². The topological polar surface area (TPSA) is 41.5 Å². The van der Waals surface area contributed by atoms with Gasteiger partial charge in [-0.05, 0) is 24.8 Å². The average Bonchev–Trinajstić information content (AvgIpc) is 2.24. The second-order valence-corrected chi connectivity index (χ2v) is 5.84. The molecule has 1 aromatic rings. The lowest BCUT2D eigenvalue weighted by Gasteiger charge is -2.16. The molecule has 98 valence electrons. The van der Waals surface area contributed by atoms with Crippen LogP contribution in [-0.2, 0) is 4.79 Å². The summed E-state index contributed by atoms with van der Waals surface area (Å²) in [6, 6.07) is 8.07. The molecular weight excluding hydrogens is 224 g/mol. The minimum Gasteiger partial charge on any atom is -0.273 e. The Morgan fingerprint density at radius 3 is 2.28 bits per heavy atom. The largest absolute Gasteiger partial charge is 0.273 e. The highest BCUT2D eigenvalue weighted by Gasteiger charge is 2.15. The molecule has 18 heavy (non-hydrogen) atoms. The van der Waals surface area contributed by atoms with E-state index in [9.17, 15) is 4.79 Å². The number of hydrogen-bond acceptors (Lipinski definition) is 2. The molecule has 1 aromatic carbocycles. The van der Waals surface area contributed by atoms with E-state index in [2.05, 4.69) is 10.5 Å². The van der Waals surface area contributed by atoms with E-state index in [1.165, 1.54) is 5.56 Å². The molecule has 0 fully saturated rings. The standard InChI is InChI=1S/C15H22N2O/c1-11-6-8-13(9-7-11)12(2)16-17-14(18)10-15(3,4)5/h6-9H,10H2,1-5H3,(H,17,18)/b16-12+. The molecular formula is C15H22N2O. The Labute approximate surface area is 109 Å². The highest BCUT2D eigenvalue weighted by molar-refractivity contribution is 5.99. The van der Waals surface area contributed by atoms with Crippen LogP contribution in [0.4, 0.5) is 0 Å². The van der Waals surface area contributed by atoms with Crippen molar-refractivity contribution in [3.63, 3.8) is 0 Å². The van der Waals surface area contributed by atoms with Gasteiger partial charge in [-0.1, -0.05) is 50.6 Å². The summed E-state index contributed by atoms with van der Waals surface area (Å²) in [5, 5.41) is 4.13. The van der Waals surface area contributed by atoms with Crippen LogP contribution >= 0.6 is 0 Å². The summed E-state index contributed by atoms with van der Waals surface area (Å²) in [5.74, 6) is -0.0473. The number of nitrogens with zero attached hydrogens (tertiary/aromatic N) is 1. The van der Waals surface area contributed by atoms with E-state index in [0.29, 0.717) is 6.42 Å². The molecule has 0 aromatic heterocycles. The first-order valence-corrected chi connectivity index (χ1v) is 6.18. The van der Waals surface area contributed by atoms with E-state index in [1.54, 1.807) is 0 Å². The number of carbonyl (C=O) groups excluding carboxylic acids is 1. The maximum absolute atomic E-state index is 11.6. The third-order valence-corrected chi connectivity index (χ3v) is 2.51. The second kappa shape index (κ2) is 5.80. The second-order valence-electron chi connectivity index (χ2n) is 5.84. The number of amides is 1. The molecule has 1 amide bonds. The minimum atomic E-state index is -0.0473. The van der Waals surface area contributed by atoms with Gasteiger partial charge in [-0.2, -0.15) is 5.10 Å². The molecule has 0 saturated heterocycles. The van der Waals surface area contributed by atoms with Gasteiger partial charge in [0, 0.05) is 6.42 Å². The van der Waals surface area contributed by atoms with Crippen molar-refractivity contribution in [3.05, 3.63) is 35.4 Å². The Hall–Kier alpha value is -1.64. The smallest absolute Gasteiger partial charge is 0.240 e. The molecule has 0 saturated carbocycles. The fraction of sp³-hybridized carbons (Fsp3) is 0.467. The summed E-state index contributed by atoms with van der Waals surface area (Å²) in [7, 11) is 0. The molecule has 0 aliphatic rings. The lowest BCUT2D eigenvalue weighted by molar-refractivity contribution is -0.122. The highest BCUT2D eigenvalue weighted by Crippen LogP contribution is 2.17. The van der Waals surface area contributed by atoms with E-state index < -0.39 is 0 Å². The monoisotopic (exact) mass is 246 g/mol. The van der Waals surface area contributed by atoms with Crippen LogP contribution in [0.1, 0.15) is 45.2 Å². The predicted octanol–water partition coefficient (Wildman–Crippen LogP) is 3.27. The van der Waals surface area contributed by atoms with Crippen LogP contribution in [0, 0.1) is 12.3 Å². The highest BCUT2D eigenvalue weighted by atomic mass is 16.2. The third kappa shape index (κ3) is 5.13. The van der Waals surface area contributed by atoms with Crippen molar-refractivity contribution < 1.29 is 4.79 Å². The zero-order valence-corrected chi connectivity index (χ0v) is 11.9. The summed E-state index contributed by atoms with van der Waals surface area (Å²) < 4.78 is 0. The van der Waals surface area contributed by atoms with E-state index >= 15 is 0 Å². The van der Waals surface area contributed by atoms with E-state index in [1.807, 2.05) is 58.9 Å². The molecule has 0 heterocycles. The zero-order valence-electron chi connectivity index (χ0n) is 11.9. The first-order valence-electron chi connectivity index (χ1n) is 6.18. The van der Waals surface area contributed by atoms with Crippen LogP contribution in [-0.4, -0.2) is 11.6 Å². The third-order valence-electron chi connectivity index (χ3n) is 2.51. The van der Waals surface area contributed by atoms with Crippen molar-refractivity contribution in [1.29, 1.82) is 0 Å². The first-order chi connectivity index (χ1) is 8.28. The van der Waals surface area contributed by atoms with Gasteiger partial charge in [0.25, 0.3) is 0 Å². The summed E-state index contributed by atoms with van der Waals surface area (Å²) >= 11 is 0. The summed E-state index contributed by atoms with van der Waals surface area (Å²) in [6.45, 7) is 10.0. The zero-order chi connectivity index (χ0) is 13.8. The van der Waals surface area contributed by atoms with Crippen LogP contribution in [0.15, 0.2) is 29.4 Å². The van der Waals surface area contributed by atoms with E-state index in [-0.39, 0.29) is 11.3 Å². The first kappa shape index (κ1) is 14.4. The Balaban J connectivity index is 2.62. The number of rotatable bonds is 3. The van der Waals surface area contributed by atoms with Crippen LogP contribution in [0.2, 0.25) is 0 Å². The Morgan fingerprint density at radius 2 is 1.78 bits per heavy atom. The van der Waals surface area contributed by atoms with Gasteiger partial charge in [-0.15, -0.1) is 0 Å². The predicted molar refractivity (Wildman–Crippen MR) is 75.6 cm³/mol. The van der Waals surface area contributed by atoms with Gasteiger partial charge in [0.1, 0.15) is 0 Å². The maximum Gasteiger partial charge on any atom is 0.240 e. The van der Waals surface area contributed by atoms with Crippen LogP contribution in [0.5, 0.6) is 0 Å². The lowest BCUT2D eigenvalue weighted by atomic mass is 9.92. The molecule has 0 radical (unpaired) electrons. The van der Waals surface area contributed by atoms with E-state index in [0.717, 1.165) is 11.3 Å². The molecule has 0 atom stereocenters. The quantitative estimate of drug-likeness (QED) is 0.645. The van der Waals surface area contributed by atoms with Gasteiger partial charge in [0.05, 0.1) is 5.71 Å². The maximum atomic E-state index is 11.6. The van der Waals surface area contributed by atoms with Gasteiger partial charge >= 0.3 is 0 Å². The van der Waals surface area contributed by atoms with Crippen molar-refractivity contribution in [3.8, 4) is 0 Å². The van der Waals surface area contributed by atoms with Crippen molar-refractivity contribution in [2.75, 3.05) is 0 Å². The van der Waals surface area contributed by atoms with Crippen molar-refractivity contribution >= 4 is 11.6 Å². The number of hydrazone groups is 1. The summed E-state index contributed by atoms with van der Waals surface area (Å²) in [4.78, 5) is 11.6. The Bertz CT molecular complexity index is 439. The normalized spacial score (nSPS) is 12.4. The van der Waals surface area contributed by atoms with Gasteiger partial charge in [0.15, 0.2) is 0 Å². The van der Waals surface area contributed by atoms with Crippen LogP contribution < -0.4 is 5.43 Å². The van der Waals surface area contributed by atoms with Crippen LogP contribution in [0.3, 0.4) is 0 Å². The molecule has 0 unspecified atom stereocenters. The molecule has 0 aliphatic heterocycles. The minimum absolute atomic E-state index is 0.0165. The van der Waals surface area contributed by atoms with E-state index in [4.69, 9.17) is 0 Å². The number of hydrogen-bond donors (Lipinski definition) is 1. The number of carbonyl (C=O) groups is 1. The number of benzene rings is 1. The Morgan fingerprint density at radius 1 is 1.22 bits per heavy atom. The van der Waals surface area contributed by atoms with Gasteiger partial charge < -0.3 is 0 Å². The fourth-order valence-corrected chi connectivity index (χ4v) is 1.53. The number of aryl methyl sites for hydroxylation is 1. The summed E-state index contributed by atoms with van der Waals surface area (Å²) in [6.07, 6.45) is 0.470. The fourth-order valence-electron chi connectivity index (χ4n) is 1.53. The van der Waals surface area contributed by atoms with Crippen LogP contribution in [0.25, 0.3) is 0 Å². The number of nitrogens with one attached hydrogen (secondary N) is 1. The van der Waals surface area contributed by atoms with Gasteiger partial charge in [0.2, 0.25) is 5.91 Å². The molecule has 0 spiro atoms. The SMILES string of the molecule is C/C(=N\NC(=O)CC(C)(C)C)c1ccc(C)cc1. The van der Waals surface area contributed by atoms with Crippen molar-refractivity contribution in [1.82, 2.24) is 5.43 Å². The lowest BCUT2D eigenvalue weighted by Crippen LogP contribution is -2.24. The molecule has 1 N–H and O–H groups in total. The molecule has 1 rings (SSSR count). The molecule has 0 aliphatic carbocycles. The molecule has 3 nitrogen and oxygen atoms in total. The van der Waals surface area contributed by atoms with Crippen molar-refractivity contribution in [2.45, 2.75) is 41.0 Å². The Kier molecular flexibility index (Phi) is 4.65. The molecule has 3 heteroatoms. The van der Waals surface area contributed by atoms with Gasteiger partial charge in [-0.3, -0.25) is 4.79 Å². The summed E-state index contributed by atoms with van der Waals surface area (Å²) in [5.41, 5.74) is 5.64. The van der Waals surface area contributed by atoms with Crippen molar-refractivity contribution in [2.24, 2.45) is 10.5 Å². The molecule has 0 bridgehead atoms. The average molecular weight is 246 g/mol.